The molecule has 0 saturated carbocycles. The number of esters is 1. The van der Waals surface area contributed by atoms with Crippen molar-refractivity contribution in [1.82, 2.24) is 14.4 Å². The Bertz CT molecular complexity index is 1550. The van der Waals surface area contributed by atoms with Gasteiger partial charge in [-0.15, -0.1) is 0 Å². The summed E-state index contributed by atoms with van der Waals surface area (Å²) >= 11 is 0. The highest BCUT2D eigenvalue weighted by Crippen LogP contribution is 2.30. The highest BCUT2D eigenvalue weighted by molar-refractivity contribution is 5.71. The second kappa shape index (κ2) is 9.37. The molecule has 0 saturated heterocycles. The first kappa shape index (κ1) is 23.4. The zero-order valence-electron chi connectivity index (χ0n) is 20.0. The first-order valence-corrected chi connectivity index (χ1v) is 11.4. The number of halogens is 2. The molecule has 0 aliphatic heterocycles. The molecule has 0 unspecified atom stereocenters. The number of carbonyl (C=O) groups excluding carboxylic acids is 1. The number of aryl methyl sites for hydroxylation is 2. The molecule has 5 aromatic rings. The summed E-state index contributed by atoms with van der Waals surface area (Å²) in [5.74, 6) is -0.225. The SMILES string of the molecule is CC(=O)Oc1c(Cc2cc(C)c(C)o2)nc2c(Cc3c(F)cccc3F)nc(-c3ccccc3)cn12. The van der Waals surface area contributed by atoms with Crippen LogP contribution in [0.5, 0.6) is 5.88 Å². The van der Waals surface area contributed by atoms with Crippen LogP contribution >= 0.6 is 0 Å². The van der Waals surface area contributed by atoms with Crippen LogP contribution in [0.1, 0.15) is 41.0 Å². The minimum absolute atomic E-state index is 0.118. The first-order valence-electron chi connectivity index (χ1n) is 11.4. The fraction of sp³-hybridized carbons (Fsp3) is 0.179. The summed E-state index contributed by atoms with van der Waals surface area (Å²) < 4.78 is 42.2. The molecule has 0 N–H and O–H groups in total. The van der Waals surface area contributed by atoms with Crippen LogP contribution in [0.15, 0.2) is 65.2 Å². The molecule has 182 valence electrons. The van der Waals surface area contributed by atoms with Crippen molar-refractivity contribution in [3.8, 4) is 17.1 Å². The summed E-state index contributed by atoms with van der Waals surface area (Å²) in [5.41, 5.74) is 3.32. The molecule has 8 heteroatoms. The Balaban J connectivity index is 1.73. The minimum Gasteiger partial charge on any atom is -0.466 e. The lowest BCUT2D eigenvalue weighted by atomic mass is 10.1. The van der Waals surface area contributed by atoms with Gasteiger partial charge in [0.15, 0.2) is 5.65 Å². The topological polar surface area (TPSA) is 69.6 Å². The first-order chi connectivity index (χ1) is 17.3. The third kappa shape index (κ3) is 4.49. The quantitative estimate of drug-likeness (QED) is 0.275. The monoisotopic (exact) mass is 487 g/mol. The Hall–Kier alpha value is -4.33. The average molecular weight is 488 g/mol. The van der Waals surface area contributed by atoms with Gasteiger partial charge in [0, 0.05) is 30.7 Å². The van der Waals surface area contributed by atoms with E-state index in [9.17, 15) is 13.6 Å². The van der Waals surface area contributed by atoms with Gasteiger partial charge in [-0.3, -0.25) is 9.20 Å². The summed E-state index contributed by atoms with van der Waals surface area (Å²) in [4.78, 5) is 21.5. The van der Waals surface area contributed by atoms with Crippen LogP contribution in [-0.2, 0) is 17.6 Å². The minimum atomic E-state index is -0.673. The van der Waals surface area contributed by atoms with Crippen LogP contribution in [0.3, 0.4) is 0 Å². The van der Waals surface area contributed by atoms with Crippen LogP contribution in [0.2, 0.25) is 0 Å². The van der Waals surface area contributed by atoms with E-state index in [-0.39, 0.29) is 24.3 Å². The van der Waals surface area contributed by atoms with Crippen molar-refractivity contribution >= 4 is 11.6 Å². The predicted octanol–water partition coefficient (Wildman–Crippen LogP) is 5.99. The van der Waals surface area contributed by atoms with Gasteiger partial charge in [-0.1, -0.05) is 36.4 Å². The lowest BCUT2D eigenvalue weighted by Gasteiger charge is -2.10. The molecule has 3 aromatic heterocycles. The number of fused-ring (bicyclic) bond motifs is 1. The molecule has 0 radical (unpaired) electrons. The van der Waals surface area contributed by atoms with Crippen LogP contribution in [-0.4, -0.2) is 20.3 Å². The number of rotatable bonds is 6. The molecular weight excluding hydrogens is 464 g/mol. The van der Waals surface area contributed by atoms with Gasteiger partial charge in [0.05, 0.1) is 17.8 Å². The molecule has 2 aromatic carbocycles. The smallest absolute Gasteiger partial charge is 0.309 e. The fourth-order valence-corrected chi connectivity index (χ4v) is 4.13. The van der Waals surface area contributed by atoms with Crippen molar-refractivity contribution in [3.05, 3.63) is 106 Å². The molecule has 0 aliphatic carbocycles. The van der Waals surface area contributed by atoms with Crippen LogP contribution < -0.4 is 4.74 Å². The molecule has 3 heterocycles. The van der Waals surface area contributed by atoms with E-state index in [1.54, 1.807) is 10.6 Å². The molecule has 0 aliphatic rings. The van der Waals surface area contributed by atoms with Crippen molar-refractivity contribution in [1.29, 1.82) is 0 Å². The van der Waals surface area contributed by atoms with Crippen LogP contribution in [0, 0.1) is 25.5 Å². The Labute approximate surface area is 206 Å². The van der Waals surface area contributed by atoms with Crippen molar-refractivity contribution in [2.75, 3.05) is 0 Å². The second-order valence-corrected chi connectivity index (χ2v) is 8.60. The Morgan fingerprint density at radius 1 is 0.972 bits per heavy atom. The summed E-state index contributed by atoms with van der Waals surface area (Å²) in [5, 5.41) is 0. The van der Waals surface area contributed by atoms with Crippen molar-refractivity contribution in [2.24, 2.45) is 0 Å². The summed E-state index contributed by atoms with van der Waals surface area (Å²) in [6.07, 6.45) is 1.82. The highest BCUT2D eigenvalue weighted by Gasteiger charge is 2.23. The fourth-order valence-electron chi connectivity index (χ4n) is 4.13. The van der Waals surface area contributed by atoms with Gasteiger partial charge in [0.1, 0.15) is 28.8 Å². The van der Waals surface area contributed by atoms with Crippen molar-refractivity contribution in [3.63, 3.8) is 0 Å². The normalized spacial score (nSPS) is 11.2. The Kier molecular flexibility index (Phi) is 6.10. The van der Waals surface area contributed by atoms with E-state index in [2.05, 4.69) is 0 Å². The maximum Gasteiger partial charge on any atom is 0.309 e. The van der Waals surface area contributed by atoms with Gasteiger partial charge in [-0.2, -0.15) is 0 Å². The van der Waals surface area contributed by atoms with E-state index in [1.165, 1.54) is 25.1 Å². The molecule has 5 rings (SSSR count). The van der Waals surface area contributed by atoms with Gasteiger partial charge in [0.2, 0.25) is 5.88 Å². The number of hydrogen-bond acceptors (Lipinski definition) is 5. The number of furan rings is 1. The number of imidazole rings is 1. The number of benzene rings is 2. The summed E-state index contributed by atoms with van der Waals surface area (Å²) in [7, 11) is 0. The molecule has 0 bridgehead atoms. The van der Waals surface area contributed by atoms with Gasteiger partial charge < -0.3 is 9.15 Å². The van der Waals surface area contributed by atoms with E-state index in [0.29, 0.717) is 28.5 Å². The Morgan fingerprint density at radius 2 is 1.69 bits per heavy atom. The number of aromatic nitrogens is 3. The maximum atomic E-state index is 14.6. The molecule has 0 spiro atoms. The second-order valence-electron chi connectivity index (χ2n) is 8.60. The highest BCUT2D eigenvalue weighted by atomic mass is 19.1. The molecule has 6 nitrogen and oxygen atoms in total. The van der Waals surface area contributed by atoms with Crippen molar-refractivity contribution in [2.45, 2.75) is 33.6 Å². The van der Waals surface area contributed by atoms with Gasteiger partial charge in [-0.05, 0) is 37.6 Å². The van der Waals surface area contributed by atoms with E-state index in [0.717, 1.165) is 16.9 Å². The lowest BCUT2D eigenvalue weighted by Crippen LogP contribution is -2.08. The number of nitrogens with zero attached hydrogens (tertiary/aromatic N) is 3. The molecule has 0 fully saturated rings. The Morgan fingerprint density at radius 3 is 2.33 bits per heavy atom. The zero-order valence-corrected chi connectivity index (χ0v) is 20.0. The third-order valence-electron chi connectivity index (χ3n) is 5.97. The van der Waals surface area contributed by atoms with Crippen LogP contribution in [0.4, 0.5) is 8.78 Å². The van der Waals surface area contributed by atoms with E-state index < -0.39 is 17.6 Å². The largest absolute Gasteiger partial charge is 0.466 e. The van der Waals surface area contributed by atoms with Gasteiger partial charge >= 0.3 is 5.97 Å². The number of hydrogen-bond donors (Lipinski definition) is 0. The molecule has 0 atom stereocenters. The summed E-state index contributed by atoms with van der Waals surface area (Å²) in [6.45, 7) is 5.11. The molecule has 36 heavy (non-hydrogen) atoms. The lowest BCUT2D eigenvalue weighted by molar-refractivity contribution is -0.132. The standard InChI is InChI=1S/C28H23F2N3O3/c1-16-12-20(35-17(16)2)13-25-28(36-18(3)34)33-15-26(19-8-5-4-6-9-19)31-24(27(33)32-25)14-21-22(29)10-7-11-23(21)30/h4-12,15H,13-14H2,1-3H3. The third-order valence-corrected chi connectivity index (χ3v) is 5.97. The zero-order chi connectivity index (χ0) is 25.4. The predicted molar refractivity (Wildman–Crippen MR) is 130 cm³/mol. The number of carbonyl (C=O) groups is 1. The van der Waals surface area contributed by atoms with Crippen LogP contribution in [0.25, 0.3) is 16.9 Å². The molecule has 0 amide bonds. The summed E-state index contributed by atoms with van der Waals surface area (Å²) in [6, 6.07) is 15.0. The van der Waals surface area contributed by atoms with E-state index in [4.69, 9.17) is 19.1 Å². The average Bonchev–Trinajstić information content (AvgIpc) is 3.35. The maximum absolute atomic E-state index is 14.6. The van der Waals surface area contributed by atoms with Gasteiger partial charge in [-0.25, -0.2) is 18.7 Å². The van der Waals surface area contributed by atoms with E-state index in [1.807, 2.05) is 50.2 Å². The van der Waals surface area contributed by atoms with E-state index >= 15 is 0 Å². The molecular formula is C28H23F2N3O3. The van der Waals surface area contributed by atoms with Gasteiger partial charge in [0.25, 0.3) is 0 Å². The number of ether oxygens (including phenoxy) is 1. The van der Waals surface area contributed by atoms with Crippen molar-refractivity contribution < 1.29 is 22.7 Å².